The van der Waals surface area contributed by atoms with E-state index in [0.717, 1.165) is 25.7 Å². The zero-order valence-electron chi connectivity index (χ0n) is 13.8. The van der Waals surface area contributed by atoms with Gasteiger partial charge in [0, 0.05) is 6.54 Å². The van der Waals surface area contributed by atoms with Crippen LogP contribution >= 0.6 is 0 Å². The number of nitrogens with two attached hydrogens (primary N) is 1. The summed E-state index contributed by atoms with van der Waals surface area (Å²) in [4.78, 5) is 12.0. The maximum absolute atomic E-state index is 12.0. The van der Waals surface area contributed by atoms with Crippen molar-refractivity contribution in [1.82, 2.24) is 0 Å². The Morgan fingerprint density at radius 3 is 2.00 bits per heavy atom. The normalized spacial score (nSPS) is 14.0. The quantitative estimate of drug-likeness (QED) is 0.402. The lowest BCUT2D eigenvalue weighted by atomic mass is 10.0. The lowest BCUT2D eigenvalue weighted by Crippen LogP contribution is -2.28. The first-order chi connectivity index (χ1) is 9.65. The fourth-order valence-corrected chi connectivity index (χ4v) is 2.36. The van der Waals surface area contributed by atoms with Gasteiger partial charge in [-0.1, -0.05) is 58.8 Å². The van der Waals surface area contributed by atoms with Gasteiger partial charge in [0.1, 0.15) is 0 Å². The number of rotatable bonds is 13. The van der Waals surface area contributed by atoms with Gasteiger partial charge in [-0.25, -0.2) is 0 Å². The van der Waals surface area contributed by atoms with E-state index < -0.39 is 0 Å². The van der Waals surface area contributed by atoms with Gasteiger partial charge in [0.05, 0.1) is 12.0 Å². The summed E-state index contributed by atoms with van der Waals surface area (Å²) >= 11 is 0. The van der Waals surface area contributed by atoms with Gasteiger partial charge < -0.3 is 10.5 Å². The molecular formula is C17H35NO2. The molecule has 0 aliphatic carbocycles. The number of carbonyl (C=O) groups is 1. The first kappa shape index (κ1) is 19.4. The van der Waals surface area contributed by atoms with Gasteiger partial charge in [-0.05, 0) is 26.2 Å². The van der Waals surface area contributed by atoms with E-state index in [1.165, 1.54) is 38.5 Å². The van der Waals surface area contributed by atoms with Crippen molar-refractivity contribution in [2.24, 2.45) is 11.7 Å². The van der Waals surface area contributed by atoms with E-state index in [-0.39, 0.29) is 18.0 Å². The van der Waals surface area contributed by atoms with E-state index in [1.54, 1.807) is 0 Å². The van der Waals surface area contributed by atoms with Crippen LogP contribution < -0.4 is 5.73 Å². The van der Waals surface area contributed by atoms with Gasteiger partial charge in [0.15, 0.2) is 0 Å². The number of hydrogen-bond donors (Lipinski definition) is 1. The van der Waals surface area contributed by atoms with Gasteiger partial charge in [0.25, 0.3) is 0 Å². The van der Waals surface area contributed by atoms with E-state index in [9.17, 15) is 4.79 Å². The molecule has 0 aromatic carbocycles. The van der Waals surface area contributed by atoms with Crippen LogP contribution in [-0.2, 0) is 9.53 Å². The number of unbranched alkanes of at least 4 members (excludes halogenated alkanes) is 6. The average molecular weight is 285 g/mol. The van der Waals surface area contributed by atoms with Crippen LogP contribution in [0, 0.1) is 5.92 Å². The van der Waals surface area contributed by atoms with Crippen LogP contribution in [0.2, 0.25) is 0 Å². The average Bonchev–Trinajstić information content (AvgIpc) is 2.43. The monoisotopic (exact) mass is 285 g/mol. The molecule has 120 valence electrons. The molecular weight excluding hydrogens is 250 g/mol. The molecule has 0 aliphatic heterocycles. The van der Waals surface area contributed by atoms with Crippen molar-refractivity contribution in [1.29, 1.82) is 0 Å². The minimum Gasteiger partial charge on any atom is -0.462 e. The summed E-state index contributed by atoms with van der Waals surface area (Å²) in [7, 11) is 0. The Balaban J connectivity index is 3.83. The smallest absolute Gasteiger partial charge is 0.310 e. The lowest BCUT2D eigenvalue weighted by Gasteiger charge is -2.18. The first-order valence-electron chi connectivity index (χ1n) is 8.56. The number of carbonyl (C=O) groups excluding carboxylic acids is 1. The molecule has 20 heavy (non-hydrogen) atoms. The Hall–Kier alpha value is -0.570. The highest BCUT2D eigenvalue weighted by Gasteiger charge is 2.20. The highest BCUT2D eigenvalue weighted by atomic mass is 16.5. The summed E-state index contributed by atoms with van der Waals surface area (Å²) in [5, 5.41) is 0. The van der Waals surface area contributed by atoms with Crippen molar-refractivity contribution in [3.8, 4) is 0 Å². The van der Waals surface area contributed by atoms with Crippen molar-refractivity contribution in [3.05, 3.63) is 0 Å². The summed E-state index contributed by atoms with van der Waals surface area (Å²) in [6.45, 7) is 6.80. The summed E-state index contributed by atoms with van der Waals surface area (Å²) < 4.78 is 5.52. The standard InChI is InChI=1S/C17H35NO2/c1-4-6-8-10-12-15(3)20-17(19)16(14-18)13-11-9-7-5-2/h15-16H,4-14,18H2,1-3H3. The molecule has 0 spiro atoms. The SMILES string of the molecule is CCCCCCC(C)OC(=O)C(CN)CCCCCC. The topological polar surface area (TPSA) is 52.3 Å². The fraction of sp³-hybridized carbons (Fsp3) is 0.941. The van der Waals surface area contributed by atoms with Gasteiger partial charge in [-0.2, -0.15) is 0 Å². The predicted molar refractivity (Wildman–Crippen MR) is 85.6 cm³/mol. The third kappa shape index (κ3) is 10.2. The summed E-state index contributed by atoms with van der Waals surface area (Å²) in [5.41, 5.74) is 5.70. The largest absolute Gasteiger partial charge is 0.462 e. The second-order valence-electron chi connectivity index (χ2n) is 5.88. The van der Waals surface area contributed by atoms with Crippen molar-refractivity contribution < 1.29 is 9.53 Å². The summed E-state index contributed by atoms with van der Waals surface area (Å²) in [6, 6.07) is 0. The predicted octanol–water partition coefficient (Wildman–Crippen LogP) is 4.43. The molecule has 0 saturated carbocycles. The molecule has 0 radical (unpaired) electrons. The number of ether oxygens (including phenoxy) is 1. The van der Waals surface area contributed by atoms with Crippen molar-refractivity contribution in [2.75, 3.05) is 6.54 Å². The first-order valence-corrected chi connectivity index (χ1v) is 8.56. The summed E-state index contributed by atoms with van der Waals surface area (Å²) in [6.07, 6.45) is 11.5. The Labute approximate surface area is 125 Å². The Kier molecular flexibility index (Phi) is 13.0. The molecule has 0 saturated heterocycles. The molecule has 0 bridgehead atoms. The van der Waals surface area contributed by atoms with Gasteiger partial charge in [-0.3, -0.25) is 4.79 Å². The zero-order chi connectivity index (χ0) is 15.2. The fourth-order valence-electron chi connectivity index (χ4n) is 2.36. The molecule has 0 aromatic rings. The van der Waals surface area contributed by atoms with Crippen LogP contribution in [0.15, 0.2) is 0 Å². The van der Waals surface area contributed by atoms with Gasteiger partial charge in [-0.15, -0.1) is 0 Å². The van der Waals surface area contributed by atoms with Crippen LogP contribution in [0.4, 0.5) is 0 Å². The lowest BCUT2D eigenvalue weighted by molar-refractivity contribution is -0.153. The molecule has 0 aliphatic rings. The highest BCUT2D eigenvalue weighted by Crippen LogP contribution is 2.14. The van der Waals surface area contributed by atoms with Crippen LogP contribution in [0.5, 0.6) is 0 Å². The van der Waals surface area contributed by atoms with Crippen molar-refractivity contribution >= 4 is 5.97 Å². The number of esters is 1. The second kappa shape index (κ2) is 13.4. The maximum Gasteiger partial charge on any atom is 0.310 e. The van der Waals surface area contributed by atoms with Gasteiger partial charge >= 0.3 is 5.97 Å². The van der Waals surface area contributed by atoms with Crippen LogP contribution in [0.3, 0.4) is 0 Å². The number of hydrogen-bond acceptors (Lipinski definition) is 3. The van der Waals surface area contributed by atoms with E-state index in [0.29, 0.717) is 6.54 Å². The van der Waals surface area contributed by atoms with Crippen LogP contribution in [0.1, 0.15) is 85.0 Å². The molecule has 3 heteroatoms. The molecule has 0 heterocycles. The maximum atomic E-state index is 12.0. The molecule has 0 fully saturated rings. The third-order valence-corrected chi connectivity index (χ3v) is 3.81. The van der Waals surface area contributed by atoms with E-state index >= 15 is 0 Å². The van der Waals surface area contributed by atoms with E-state index in [2.05, 4.69) is 13.8 Å². The van der Waals surface area contributed by atoms with Crippen molar-refractivity contribution in [2.45, 2.75) is 91.1 Å². The molecule has 0 rings (SSSR count). The van der Waals surface area contributed by atoms with Crippen molar-refractivity contribution in [3.63, 3.8) is 0 Å². The molecule has 2 N–H and O–H groups in total. The molecule has 0 aromatic heterocycles. The Bertz CT molecular complexity index is 231. The van der Waals surface area contributed by atoms with Crippen LogP contribution in [-0.4, -0.2) is 18.6 Å². The highest BCUT2D eigenvalue weighted by molar-refractivity contribution is 5.72. The molecule has 0 amide bonds. The second-order valence-corrected chi connectivity index (χ2v) is 5.88. The van der Waals surface area contributed by atoms with E-state index in [4.69, 9.17) is 10.5 Å². The third-order valence-electron chi connectivity index (χ3n) is 3.81. The molecule has 2 atom stereocenters. The zero-order valence-corrected chi connectivity index (χ0v) is 13.8. The Morgan fingerprint density at radius 2 is 1.50 bits per heavy atom. The minimum absolute atomic E-state index is 0.0315. The summed E-state index contributed by atoms with van der Waals surface area (Å²) in [5.74, 6) is -0.197. The molecule has 3 nitrogen and oxygen atoms in total. The minimum atomic E-state index is -0.107. The Morgan fingerprint density at radius 1 is 0.950 bits per heavy atom. The molecule has 2 unspecified atom stereocenters. The van der Waals surface area contributed by atoms with Crippen LogP contribution in [0.25, 0.3) is 0 Å². The van der Waals surface area contributed by atoms with Gasteiger partial charge in [0.2, 0.25) is 0 Å². The van der Waals surface area contributed by atoms with E-state index in [1.807, 2.05) is 6.92 Å².